The Morgan fingerprint density at radius 3 is 1.55 bits per heavy atom. The molecule has 0 fully saturated rings. The summed E-state index contributed by atoms with van der Waals surface area (Å²) in [5, 5.41) is 11.3. The molecule has 2 aromatic carbocycles. The van der Waals surface area contributed by atoms with Crippen molar-refractivity contribution in [3.8, 4) is 0 Å². The molecule has 1 N–H and O–H groups in total. The van der Waals surface area contributed by atoms with Gasteiger partial charge in [-0.1, -0.05) is 108 Å². The number of benzene rings is 2. The Bertz CT molecular complexity index is 845. The van der Waals surface area contributed by atoms with E-state index in [1.54, 1.807) is 0 Å². The highest BCUT2D eigenvalue weighted by atomic mass is 16.3. The summed E-state index contributed by atoms with van der Waals surface area (Å²) >= 11 is 0. The van der Waals surface area contributed by atoms with E-state index < -0.39 is 0 Å². The van der Waals surface area contributed by atoms with Crippen molar-refractivity contribution in [3.05, 3.63) is 94.8 Å². The van der Waals surface area contributed by atoms with E-state index in [2.05, 4.69) is 108 Å². The second-order valence-electron chi connectivity index (χ2n) is 10.7. The summed E-state index contributed by atoms with van der Waals surface area (Å²) in [6, 6.07) is 21.6. The third-order valence-electron chi connectivity index (χ3n) is 6.03. The van der Waals surface area contributed by atoms with E-state index in [0.717, 1.165) is 24.8 Å². The molecule has 0 heterocycles. The van der Waals surface area contributed by atoms with Crippen molar-refractivity contribution in [1.82, 2.24) is 0 Å². The average molecular weight is 389 g/mol. The standard InChI is InChI=1S/C28H36O/c1-26(2,3)23-19-28(17-21-13-9-7-10-14-21,18-22-15-11-8-12-16-22)20-24(25(23)29)27(4,5)6/h7-16,19,29H,17-18,20H2,1-6H3. The second kappa shape index (κ2) is 7.86. The molecule has 0 saturated carbocycles. The van der Waals surface area contributed by atoms with Gasteiger partial charge in [0.25, 0.3) is 0 Å². The van der Waals surface area contributed by atoms with Gasteiger partial charge in [0.15, 0.2) is 0 Å². The van der Waals surface area contributed by atoms with E-state index in [1.807, 2.05) is 0 Å². The summed E-state index contributed by atoms with van der Waals surface area (Å²) in [5.74, 6) is 0.516. The Kier molecular flexibility index (Phi) is 5.81. The molecule has 0 aromatic heterocycles. The van der Waals surface area contributed by atoms with Gasteiger partial charge in [0.1, 0.15) is 5.76 Å². The monoisotopic (exact) mass is 388 g/mol. The molecule has 29 heavy (non-hydrogen) atoms. The Labute approximate surface area is 177 Å². The van der Waals surface area contributed by atoms with Crippen LogP contribution in [-0.2, 0) is 12.8 Å². The highest BCUT2D eigenvalue weighted by Crippen LogP contribution is 2.50. The lowest BCUT2D eigenvalue weighted by Crippen LogP contribution is -2.34. The van der Waals surface area contributed by atoms with Gasteiger partial charge in [-0.25, -0.2) is 0 Å². The first-order chi connectivity index (χ1) is 13.5. The number of aliphatic hydroxyl groups excluding tert-OH is 1. The van der Waals surface area contributed by atoms with Crippen LogP contribution >= 0.6 is 0 Å². The first-order valence-corrected chi connectivity index (χ1v) is 10.7. The molecule has 0 unspecified atom stereocenters. The number of hydrogen-bond donors (Lipinski definition) is 1. The Hall–Kier alpha value is -2.28. The normalized spacial score (nSPS) is 17.2. The Morgan fingerprint density at radius 1 is 0.724 bits per heavy atom. The molecule has 0 amide bonds. The molecular weight excluding hydrogens is 352 g/mol. The van der Waals surface area contributed by atoms with Crippen molar-refractivity contribution in [1.29, 1.82) is 0 Å². The zero-order valence-electron chi connectivity index (χ0n) is 18.9. The van der Waals surface area contributed by atoms with Crippen LogP contribution in [-0.4, -0.2) is 5.11 Å². The molecule has 154 valence electrons. The maximum absolute atomic E-state index is 11.3. The second-order valence-corrected chi connectivity index (χ2v) is 10.7. The van der Waals surface area contributed by atoms with Gasteiger partial charge >= 0.3 is 0 Å². The lowest BCUT2D eigenvalue weighted by atomic mass is 9.62. The highest BCUT2D eigenvalue weighted by molar-refractivity contribution is 5.44. The maximum Gasteiger partial charge on any atom is 0.118 e. The van der Waals surface area contributed by atoms with Gasteiger partial charge in [-0.3, -0.25) is 0 Å². The summed E-state index contributed by atoms with van der Waals surface area (Å²) < 4.78 is 0. The van der Waals surface area contributed by atoms with Crippen LogP contribution in [0, 0.1) is 16.2 Å². The molecule has 0 saturated heterocycles. The Morgan fingerprint density at radius 2 is 1.17 bits per heavy atom. The summed E-state index contributed by atoms with van der Waals surface area (Å²) in [6.45, 7) is 13.3. The minimum atomic E-state index is -0.111. The molecule has 1 nitrogen and oxygen atoms in total. The van der Waals surface area contributed by atoms with Crippen LogP contribution in [0.25, 0.3) is 0 Å². The molecule has 2 aromatic rings. The summed E-state index contributed by atoms with van der Waals surface area (Å²) in [7, 11) is 0. The number of rotatable bonds is 4. The maximum atomic E-state index is 11.3. The Balaban J connectivity index is 2.16. The van der Waals surface area contributed by atoms with Crippen LogP contribution in [0.5, 0.6) is 0 Å². The van der Waals surface area contributed by atoms with Crippen molar-refractivity contribution in [3.63, 3.8) is 0 Å². The van der Waals surface area contributed by atoms with Gasteiger partial charge in [-0.2, -0.15) is 0 Å². The topological polar surface area (TPSA) is 20.2 Å². The third-order valence-corrected chi connectivity index (χ3v) is 6.03. The number of hydrogen-bond acceptors (Lipinski definition) is 1. The van der Waals surface area contributed by atoms with Gasteiger partial charge < -0.3 is 5.11 Å². The van der Waals surface area contributed by atoms with Crippen molar-refractivity contribution in [2.75, 3.05) is 0 Å². The van der Waals surface area contributed by atoms with Crippen molar-refractivity contribution in [2.45, 2.75) is 60.8 Å². The molecule has 0 radical (unpaired) electrons. The first-order valence-electron chi connectivity index (χ1n) is 10.7. The highest BCUT2D eigenvalue weighted by Gasteiger charge is 2.41. The van der Waals surface area contributed by atoms with Gasteiger partial charge in [0.05, 0.1) is 0 Å². The fourth-order valence-electron chi connectivity index (χ4n) is 4.51. The van der Waals surface area contributed by atoms with Gasteiger partial charge in [-0.15, -0.1) is 0 Å². The molecule has 1 aliphatic carbocycles. The minimum Gasteiger partial charge on any atom is -0.508 e. The zero-order chi connectivity index (χ0) is 21.3. The van der Waals surface area contributed by atoms with Gasteiger partial charge in [0, 0.05) is 5.41 Å². The smallest absolute Gasteiger partial charge is 0.118 e. The van der Waals surface area contributed by atoms with Gasteiger partial charge in [-0.05, 0) is 52.4 Å². The molecule has 0 spiro atoms. The predicted octanol–water partition coefficient (Wildman–Crippen LogP) is 7.69. The fourth-order valence-corrected chi connectivity index (χ4v) is 4.51. The van der Waals surface area contributed by atoms with E-state index in [4.69, 9.17) is 0 Å². The van der Waals surface area contributed by atoms with Crippen LogP contribution < -0.4 is 0 Å². The van der Waals surface area contributed by atoms with Crippen molar-refractivity contribution in [2.24, 2.45) is 16.2 Å². The van der Waals surface area contributed by atoms with Crippen LogP contribution in [0.4, 0.5) is 0 Å². The predicted molar refractivity (Wildman–Crippen MR) is 124 cm³/mol. The number of aliphatic hydroxyl groups is 1. The molecule has 1 heteroatoms. The van der Waals surface area contributed by atoms with E-state index in [1.165, 1.54) is 16.7 Å². The first kappa shape index (κ1) is 21.4. The molecule has 0 atom stereocenters. The molecule has 3 rings (SSSR count). The SMILES string of the molecule is CC(C)(C)C1=CC(Cc2ccccc2)(Cc2ccccc2)CC(C(C)(C)C)=C1O. The van der Waals surface area contributed by atoms with Crippen molar-refractivity contribution < 1.29 is 5.11 Å². The molecular formula is C28H36O. The van der Waals surface area contributed by atoms with Crippen LogP contribution in [0.1, 0.15) is 59.1 Å². The molecule has 0 aliphatic heterocycles. The van der Waals surface area contributed by atoms with Crippen LogP contribution in [0.3, 0.4) is 0 Å². The lowest BCUT2D eigenvalue weighted by molar-refractivity contribution is 0.272. The molecule has 0 bridgehead atoms. The quantitative estimate of drug-likeness (QED) is 0.569. The third kappa shape index (κ3) is 5.01. The van der Waals surface area contributed by atoms with E-state index in [9.17, 15) is 5.11 Å². The number of allylic oxidation sites excluding steroid dienone is 3. The van der Waals surface area contributed by atoms with E-state index in [0.29, 0.717) is 5.76 Å². The summed E-state index contributed by atoms with van der Waals surface area (Å²) in [4.78, 5) is 0. The minimum absolute atomic E-state index is 0.0554. The largest absolute Gasteiger partial charge is 0.508 e. The van der Waals surface area contributed by atoms with Crippen LogP contribution in [0.2, 0.25) is 0 Å². The average Bonchev–Trinajstić information content (AvgIpc) is 2.63. The van der Waals surface area contributed by atoms with Crippen molar-refractivity contribution >= 4 is 0 Å². The van der Waals surface area contributed by atoms with E-state index in [-0.39, 0.29) is 16.2 Å². The van der Waals surface area contributed by atoms with Gasteiger partial charge in [0.2, 0.25) is 0 Å². The molecule has 1 aliphatic rings. The fraction of sp³-hybridized carbons (Fsp3) is 0.429. The summed E-state index contributed by atoms with van der Waals surface area (Å²) in [5.41, 5.74) is 4.72. The summed E-state index contributed by atoms with van der Waals surface area (Å²) in [6.07, 6.45) is 5.22. The van der Waals surface area contributed by atoms with Crippen LogP contribution in [0.15, 0.2) is 83.6 Å². The van der Waals surface area contributed by atoms with E-state index >= 15 is 0 Å². The lowest BCUT2D eigenvalue weighted by Gasteiger charge is -2.43. The zero-order valence-corrected chi connectivity index (χ0v) is 18.9.